The van der Waals surface area contributed by atoms with Crippen molar-refractivity contribution in [3.8, 4) is 11.4 Å². The van der Waals surface area contributed by atoms with Gasteiger partial charge in [-0.2, -0.15) is 10.2 Å². The second-order valence-electron chi connectivity index (χ2n) is 10.2. The predicted molar refractivity (Wildman–Crippen MR) is 142 cm³/mol. The molecule has 182 valence electrons. The normalized spacial score (nSPS) is 19.3. The predicted octanol–water partition coefficient (Wildman–Crippen LogP) is 5.99. The maximum atomic E-state index is 14.1. The van der Waals surface area contributed by atoms with Crippen LogP contribution < -0.4 is 4.90 Å². The second-order valence-corrected chi connectivity index (χ2v) is 10.2. The largest absolute Gasteiger partial charge is 0.308 e. The summed E-state index contributed by atoms with van der Waals surface area (Å²) >= 11 is 0. The molecule has 0 radical (unpaired) electrons. The van der Waals surface area contributed by atoms with Crippen molar-refractivity contribution in [2.24, 2.45) is 5.41 Å². The van der Waals surface area contributed by atoms with Gasteiger partial charge in [0.1, 0.15) is 0 Å². The van der Waals surface area contributed by atoms with E-state index in [2.05, 4.69) is 40.5 Å². The highest BCUT2D eigenvalue weighted by atomic mass is 16.2. The van der Waals surface area contributed by atoms with Crippen LogP contribution in [-0.2, 0) is 6.42 Å². The van der Waals surface area contributed by atoms with Gasteiger partial charge >= 0.3 is 0 Å². The van der Waals surface area contributed by atoms with Crippen molar-refractivity contribution in [2.75, 3.05) is 11.4 Å². The number of benzene rings is 2. The fourth-order valence-corrected chi connectivity index (χ4v) is 5.69. The highest BCUT2D eigenvalue weighted by molar-refractivity contribution is 6.07. The molecule has 3 heterocycles. The van der Waals surface area contributed by atoms with Crippen LogP contribution in [0.3, 0.4) is 0 Å². The molecule has 1 atom stereocenters. The van der Waals surface area contributed by atoms with Crippen molar-refractivity contribution in [2.45, 2.75) is 46.0 Å². The van der Waals surface area contributed by atoms with Crippen molar-refractivity contribution in [1.29, 1.82) is 0 Å². The minimum Gasteiger partial charge on any atom is -0.308 e. The van der Waals surface area contributed by atoms with Crippen molar-refractivity contribution < 1.29 is 4.79 Å². The van der Waals surface area contributed by atoms with E-state index in [9.17, 15) is 4.79 Å². The zero-order chi connectivity index (χ0) is 24.7. The minimum atomic E-state index is 0.0209. The van der Waals surface area contributed by atoms with Crippen molar-refractivity contribution in [3.63, 3.8) is 0 Å². The SMILES string of the molecule is Cc1ccn(-c2ccc(C(=O)N3CCC4(C=CCCC4)Cc4ccccc43)cc2-n2ccc(C)n2)n1. The first-order chi connectivity index (χ1) is 17.5. The van der Waals surface area contributed by atoms with Crippen molar-refractivity contribution in [1.82, 2.24) is 19.6 Å². The molecule has 1 spiro atoms. The van der Waals surface area contributed by atoms with Gasteiger partial charge in [-0.3, -0.25) is 4.79 Å². The summed E-state index contributed by atoms with van der Waals surface area (Å²) in [5, 5.41) is 9.24. The van der Waals surface area contributed by atoms with Gasteiger partial charge < -0.3 is 4.90 Å². The minimum absolute atomic E-state index is 0.0209. The maximum absolute atomic E-state index is 14.1. The van der Waals surface area contributed by atoms with Crippen molar-refractivity contribution in [3.05, 3.63) is 102 Å². The van der Waals surface area contributed by atoms with Crippen LogP contribution >= 0.6 is 0 Å². The van der Waals surface area contributed by atoms with Crippen LogP contribution in [0.25, 0.3) is 11.4 Å². The average molecular weight is 478 g/mol. The Hall–Kier alpha value is -3.93. The van der Waals surface area contributed by atoms with Crippen LogP contribution in [0.5, 0.6) is 0 Å². The summed E-state index contributed by atoms with van der Waals surface area (Å²) in [7, 11) is 0. The molecular formula is C30H31N5O. The summed E-state index contributed by atoms with van der Waals surface area (Å²) in [5.41, 5.74) is 6.63. The second kappa shape index (κ2) is 8.94. The van der Waals surface area contributed by atoms with E-state index in [1.807, 2.05) is 76.9 Å². The van der Waals surface area contributed by atoms with Gasteiger partial charge in [-0.25, -0.2) is 9.36 Å². The smallest absolute Gasteiger partial charge is 0.258 e. The van der Waals surface area contributed by atoms with Crippen LogP contribution in [0, 0.1) is 19.3 Å². The molecule has 6 heteroatoms. The van der Waals surface area contributed by atoms with Crippen LogP contribution in [0.15, 0.2) is 79.1 Å². The first-order valence-electron chi connectivity index (χ1n) is 12.8. The Bertz CT molecular complexity index is 1460. The molecule has 1 amide bonds. The van der Waals surface area contributed by atoms with Crippen LogP contribution in [0.4, 0.5) is 5.69 Å². The molecule has 2 aromatic carbocycles. The summed E-state index contributed by atoms with van der Waals surface area (Å²) < 4.78 is 3.67. The van der Waals surface area contributed by atoms with Gasteiger partial charge in [0.25, 0.3) is 5.91 Å². The number of allylic oxidation sites excluding steroid dienone is 2. The lowest BCUT2D eigenvalue weighted by atomic mass is 9.72. The zero-order valence-electron chi connectivity index (χ0n) is 20.9. The third-order valence-electron chi connectivity index (χ3n) is 7.58. The first kappa shape index (κ1) is 22.5. The molecule has 2 aromatic heterocycles. The molecule has 36 heavy (non-hydrogen) atoms. The Balaban J connectivity index is 1.41. The third kappa shape index (κ3) is 4.06. The maximum Gasteiger partial charge on any atom is 0.258 e. The van der Waals surface area contributed by atoms with Gasteiger partial charge in [0.2, 0.25) is 0 Å². The number of aryl methyl sites for hydroxylation is 2. The van der Waals surface area contributed by atoms with Gasteiger partial charge in [-0.1, -0.05) is 30.4 Å². The van der Waals surface area contributed by atoms with E-state index < -0.39 is 0 Å². The van der Waals surface area contributed by atoms with E-state index in [1.165, 1.54) is 18.4 Å². The van der Waals surface area contributed by atoms with Gasteiger partial charge in [-0.05, 0) is 93.3 Å². The fraction of sp³-hybridized carbons (Fsp3) is 0.300. The molecule has 6 rings (SSSR count). The van der Waals surface area contributed by atoms with Crippen LogP contribution in [0.2, 0.25) is 0 Å². The number of fused-ring (bicyclic) bond motifs is 1. The van der Waals surface area contributed by atoms with Gasteiger partial charge in [0, 0.05) is 30.2 Å². The number of rotatable bonds is 3. The summed E-state index contributed by atoms with van der Waals surface area (Å²) in [5.74, 6) is 0.0209. The molecule has 4 aromatic rings. The number of nitrogens with zero attached hydrogens (tertiary/aromatic N) is 5. The highest BCUT2D eigenvalue weighted by Gasteiger charge is 2.35. The molecule has 0 bridgehead atoms. The molecule has 2 aliphatic rings. The van der Waals surface area contributed by atoms with E-state index in [-0.39, 0.29) is 11.3 Å². The summed E-state index contributed by atoms with van der Waals surface area (Å²) in [6, 6.07) is 18.2. The number of para-hydroxylation sites is 1. The summed E-state index contributed by atoms with van der Waals surface area (Å²) in [4.78, 5) is 16.1. The lowest BCUT2D eigenvalue weighted by molar-refractivity contribution is 0.0985. The fourth-order valence-electron chi connectivity index (χ4n) is 5.69. The highest BCUT2D eigenvalue weighted by Crippen LogP contribution is 2.43. The van der Waals surface area contributed by atoms with Gasteiger partial charge in [0.15, 0.2) is 0 Å². The molecule has 6 nitrogen and oxygen atoms in total. The number of carbonyl (C=O) groups is 1. The van der Waals surface area contributed by atoms with E-state index >= 15 is 0 Å². The lowest BCUT2D eigenvalue weighted by Gasteiger charge is -2.32. The van der Waals surface area contributed by atoms with E-state index in [4.69, 9.17) is 0 Å². The number of aromatic nitrogens is 4. The number of hydrogen-bond acceptors (Lipinski definition) is 3. The Morgan fingerprint density at radius 2 is 1.61 bits per heavy atom. The Labute approximate surface area is 211 Å². The third-order valence-corrected chi connectivity index (χ3v) is 7.58. The quantitative estimate of drug-likeness (QED) is 0.340. The summed E-state index contributed by atoms with van der Waals surface area (Å²) in [6.45, 7) is 4.64. The Morgan fingerprint density at radius 3 is 2.31 bits per heavy atom. The molecule has 1 aliphatic carbocycles. The number of anilines is 1. The first-order valence-corrected chi connectivity index (χ1v) is 12.8. The number of hydrogen-bond donors (Lipinski definition) is 0. The monoisotopic (exact) mass is 477 g/mol. The molecule has 0 saturated carbocycles. The zero-order valence-corrected chi connectivity index (χ0v) is 20.9. The molecule has 1 unspecified atom stereocenters. The van der Waals surface area contributed by atoms with Crippen molar-refractivity contribution >= 4 is 11.6 Å². The number of amides is 1. The number of carbonyl (C=O) groups excluding carboxylic acids is 1. The lowest BCUT2D eigenvalue weighted by Crippen LogP contribution is -2.33. The van der Waals surface area contributed by atoms with E-state index in [0.717, 1.165) is 47.7 Å². The van der Waals surface area contributed by atoms with Crippen LogP contribution in [0.1, 0.15) is 53.0 Å². The summed E-state index contributed by atoms with van der Waals surface area (Å²) in [6.07, 6.45) is 14.1. The molecule has 0 fully saturated rings. The Kier molecular flexibility index (Phi) is 5.59. The molecule has 0 saturated heterocycles. The van der Waals surface area contributed by atoms with E-state index in [0.29, 0.717) is 12.1 Å². The molecule has 0 N–H and O–H groups in total. The van der Waals surface area contributed by atoms with Gasteiger partial charge in [0.05, 0.1) is 22.8 Å². The average Bonchev–Trinajstić information content (AvgIpc) is 3.49. The topological polar surface area (TPSA) is 56.0 Å². The van der Waals surface area contributed by atoms with E-state index in [1.54, 1.807) is 0 Å². The van der Waals surface area contributed by atoms with Crippen LogP contribution in [-0.4, -0.2) is 32.0 Å². The standard InChI is InChI=1S/C30H31N5O/c1-22-12-17-34(31-22)27-11-10-24(20-28(27)35-18-13-23(2)32-35)29(36)33-19-16-30(14-6-3-7-15-30)21-25-8-4-5-9-26(25)33/h4-6,8-14,17-18,20H,3,7,15-16,19,21H2,1-2H3. The van der Waals surface area contributed by atoms with Gasteiger partial charge in [-0.15, -0.1) is 0 Å². The Morgan fingerprint density at radius 1 is 0.861 bits per heavy atom. The molecule has 1 aliphatic heterocycles. The molecular weight excluding hydrogens is 446 g/mol.